The van der Waals surface area contributed by atoms with Crippen molar-refractivity contribution in [2.75, 3.05) is 6.54 Å². The number of hydrogen-bond acceptors (Lipinski definition) is 1. The van der Waals surface area contributed by atoms with E-state index in [4.69, 9.17) is 11.6 Å². The summed E-state index contributed by atoms with van der Waals surface area (Å²) in [5.74, 6) is -3.47. The van der Waals surface area contributed by atoms with E-state index in [1.54, 1.807) is 6.07 Å². The van der Waals surface area contributed by atoms with E-state index in [0.29, 0.717) is 11.6 Å². The van der Waals surface area contributed by atoms with E-state index in [2.05, 4.69) is 0 Å². The standard InChI is InChI=1S/C14H16ClF2NO/c1-14(16,17)9-13(19)18-8-4-7-12(18)10-5-2-3-6-11(10)15/h2-3,5-6,12H,4,7-9H2,1H3/t12-/m1/s1. The first kappa shape index (κ1) is 14.3. The van der Waals surface area contributed by atoms with Gasteiger partial charge in [0.25, 0.3) is 5.92 Å². The van der Waals surface area contributed by atoms with E-state index in [-0.39, 0.29) is 6.04 Å². The molecule has 1 aromatic carbocycles. The molecule has 2 nitrogen and oxygen atoms in total. The lowest BCUT2D eigenvalue weighted by Gasteiger charge is -2.27. The van der Waals surface area contributed by atoms with Crippen molar-refractivity contribution in [3.63, 3.8) is 0 Å². The van der Waals surface area contributed by atoms with Gasteiger partial charge in [0.15, 0.2) is 0 Å². The molecule has 0 N–H and O–H groups in total. The van der Waals surface area contributed by atoms with Gasteiger partial charge >= 0.3 is 0 Å². The molecular formula is C14H16ClF2NO. The maximum atomic E-state index is 13.0. The number of carbonyl (C=O) groups excluding carboxylic acids is 1. The van der Waals surface area contributed by atoms with Crippen LogP contribution in [0.3, 0.4) is 0 Å². The van der Waals surface area contributed by atoms with Gasteiger partial charge in [-0.25, -0.2) is 8.78 Å². The van der Waals surface area contributed by atoms with Crippen molar-refractivity contribution < 1.29 is 13.6 Å². The van der Waals surface area contributed by atoms with Gasteiger partial charge in [-0.05, 0) is 31.4 Å². The first-order valence-electron chi connectivity index (χ1n) is 6.30. The fourth-order valence-corrected chi connectivity index (χ4v) is 2.76. The van der Waals surface area contributed by atoms with E-state index in [1.165, 1.54) is 4.90 Å². The van der Waals surface area contributed by atoms with Gasteiger partial charge in [-0.2, -0.15) is 0 Å². The molecule has 1 aliphatic rings. The molecular weight excluding hydrogens is 272 g/mol. The number of carbonyl (C=O) groups is 1. The van der Waals surface area contributed by atoms with Crippen LogP contribution in [-0.2, 0) is 4.79 Å². The van der Waals surface area contributed by atoms with Crippen molar-refractivity contribution >= 4 is 17.5 Å². The Kier molecular flexibility index (Phi) is 4.09. The Morgan fingerprint density at radius 1 is 1.47 bits per heavy atom. The zero-order valence-corrected chi connectivity index (χ0v) is 11.5. The lowest BCUT2D eigenvalue weighted by molar-refractivity contribution is -0.138. The number of halogens is 3. The van der Waals surface area contributed by atoms with E-state index in [0.717, 1.165) is 25.3 Å². The molecule has 1 atom stereocenters. The Bertz CT molecular complexity index is 473. The Morgan fingerprint density at radius 2 is 2.16 bits per heavy atom. The molecule has 1 amide bonds. The van der Waals surface area contributed by atoms with Crippen LogP contribution in [-0.4, -0.2) is 23.3 Å². The molecule has 0 bridgehead atoms. The van der Waals surface area contributed by atoms with Crippen molar-refractivity contribution in [1.29, 1.82) is 0 Å². The van der Waals surface area contributed by atoms with Crippen LogP contribution < -0.4 is 0 Å². The SMILES string of the molecule is CC(F)(F)CC(=O)N1CCC[C@@H]1c1ccccc1Cl. The third-order valence-corrected chi connectivity index (χ3v) is 3.64. The minimum absolute atomic E-state index is 0.177. The number of likely N-dealkylation sites (tertiary alicyclic amines) is 1. The molecule has 0 radical (unpaired) electrons. The van der Waals surface area contributed by atoms with Gasteiger partial charge < -0.3 is 4.90 Å². The topological polar surface area (TPSA) is 20.3 Å². The summed E-state index contributed by atoms with van der Waals surface area (Å²) >= 11 is 6.12. The summed E-state index contributed by atoms with van der Waals surface area (Å²) in [4.78, 5) is 13.5. The fourth-order valence-electron chi connectivity index (χ4n) is 2.50. The van der Waals surface area contributed by atoms with Gasteiger partial charge in [0, 0.05) is 11.6 Å². The van der Waals surface area contributed by atoms with E-state index >= 15 is 0 Å². The second-order valence-electron chi connectivity index (χ2n) is 5.01. The molecule has 1 aromatic rings. The average Bonchev–Trinajstić information content (AvgIpc) is 2.76. The maximum absolute atomic E-state index is 13.0. The van der Waals surface area contributed by atoms with Gasteiger partial charge in [-0.15, -0.1) is 0 Å². The number of nitrogens with zero attached hydrogens (tertiary/aromatic N) is 1. The van der Waals surface area contributed by atoms with E-state index in [9.17, 15) is 13.6 Å². The van der Waals surface area contributed by atoms with Gasteiger partial charge in [0.2, 0.25) is 5.91 Å². The largest absolute Gasteiger partial charge is 0.335 e. The van der Waals surface area contributed by atoms with Crippen molar-refractivity contribution in [2.24, 2.45) is 0 Å². The minimum Gasteiger partial charge on any atom is -0.335 e. The molecule has 19 heavy (non-hydrogen) atoms. The highest BCUT2D eigenvalue weighted by molar-refractivity contribution is 6.31. The van der Waals surface area contributed by atoms with Crippen LogP contribution in [0.5, 0.6) is 0 Å². The van der Waals surface area contributed by atoms with Gasteiger partial charge in [0.05, 0.1) is 12.5 Å². The molecule has 1 aliphatic heterocycles. The monoisotopic (exact) mass is 287 g/mol. The van der Waals surface area contributed by atoms with Crippen LogP contribution in [0.1, 0.15) is 37.8 Å². The number of hydrogen-bond donors (Lipinski definition) is 0. The third kappa shape index (κ3) is 3.44. The quantitative estimate of drug-likeness (QED) is 0.821. The highest BCUT2D eigenvalue weighted by Gasteiger charge is 2.35. The van der Waals surface area contributed by atoms with Gasteiger partial charge in [0.1, 0.15) is 0 Å². The Hall–Kier alpha value is -1.16. The smallest absolute Gasteiger partial charge is 0.254 e. The molecule has 0 spiro atoms. The van der Waals surface area contributed by atoms with Crippen LogP contribution in [0.2, 0.25) is 5.02 Å². The second-order valence-corrected chi connectivity index (χ2v) is 5.42. The molecule has 0 aromatic heterocycles. The Balaban J connectivity index is 2.18. The molecule has 1 heterocycles. The molecule has 0 saturated carbocycles. The molecule has 104 valence electrons. The molecule has 0 aliphatic carbocycles. The van der Waals surface area contributed by atoms with Crippen molar-refractivity contribution in [3.8, 4) is 0 Å². The molecule has 1 fully saturated rings. The highest BCUT2D eigenvalue weighted by atomic mass is 35.5. The van der Waals surface area contributed by atoms with Crippen molar-refractivity contribution in [2.45, 2.75) is 38.2 Å². The number of amides is 1. The normalized spacial score (nSPS) is 19.8. The highest BCUT2D eigenvalue weighted by Crippen LogP contribution is 2.36. The van der Waals surface area contributed by atoms with Crippen LogP contribution in [0, 0.1) is 0 Å². The summed E-state index contributed by atoms with van der Waals surface area (Å²) in [6.07, 6.45) is 0.843. The Morgan fingerprint density at radius 3 is 2.79 bits per heavy atom. The van der Waals surface area contributed by atoms with Crippen LogP contribution in [0.25, 0.3) is 0 Å². The summed E-state index contributed by atoms with van der Waals surface area (Å²) in [5, 5.41) is 0.579. The predicted molar refractivity (Wildman–Crippen MR) is 70.4 cm³/mol. The summed E-state index contributed by atoms with van der Waals surface area (Å²) in [6, 6.07) is 7.09. The van der Waals surface area contributed by atoms with Crippen LogP contribution in [0.4, 0.5) is 8.78 Å². The zero-order chi connectivity index (χ0) is 14.0. The third-order valence-electron chi connectivity index (χ3n) is 3.30. The molecule has 5 heteroatoms. The van der Waals surface area contributed by atoms with Gasteiger partial charge in [-0.3, -0.25) is 4.79 Å². The maximum Gasteiger partial charge on any atom is 0.254 e. The summed E-state index contributed by atoms with van der Waals surface area (Å²) in [6.45, 7) is 1.29. The summed E-state index contributed by atoms with van der Waals surface area (Å²) in [7, 11) is 0. The van der Waals surface area contributed by atoms with Crippen LogP contribution in [0.15, 0.2) is 24.3 Å². The van der Waals surface area contributed by atoms with E-state index in [1.807, 2.05) is 18.2 Å². The predicted octanol–water partition coefficient (Wildman–Crippen LogP) is 4.05. The number of benzene rings is 1. The first-order chi connectivity index (χ1) is 8.88. The fraction of sp³-hybridized carbons (Fsp3) is 0.500. The van der Waals surface area contributed by atoms with Gasteiger partial charge in [-0.1, -0.05) is 29.8 Å². The second kappa shape index (κ2) is 5.45. The summed E-state index contributed by atoms with van der Waals surface area (Å²) < 4.78 is 25.9. The first-order valence-corrected chi connectivity index (χ1v) is 6.68. The number of alkyl halides is 2. The minimum atomic E-state index is -2.97. The lowest BCUT2D eigenvalue weighted by atomic mass is 10.0. The molecule has 2 rings (SSSR count). The van der Waals surface area contributed by atoms with Crippen LogP contribution >= 0.6 is 11.6 Å². The average molecular weight is 288 g/mol. The van der Waals surface area contributed by atoms with Crippen molar-refractivity contribution in [1.82, 2.24) is 4.90 Å². The number of rotatable bonds is 3. The zero-order valence-electron chi connectivity index (χ0n) is 10.7. The summed E-state index contributed by atoms with van der Waals surface area (Å²) in [5.41, 5.74) is 0.842. The molecule has 0 unspecified atom stereocenters. The lowest BCUT2D eigenvalue weighted by Crippen LogP contribution is -2.34. The Labute approximate surface area is 116 Å². The van der Waals surface area contributed by atoms with Crippen molar-refractivity contribution in [3.05, 3.63) is 34.9 Å². The van der Waals surface area contributed by atoms with E-state index < -0.39 is 18.3 Å². The molecule has 1 saturated heterocycles.